The molecule has 0 spiro atoms. The molecule has 0 aromatic rings. The number of aliphatic hydroxyl groups is 1. The minimum atomic E-state index is 0. The van der Waals surface area contributed by atoms with Crippen molar-refractivity contribution in [3.63, 3.8) is 0 Å². The van der Waals surface area contributed by atoms with E-state index in [1.807, 2.05) is 27.7 Å². The van der Waals surface area contributed by atoms with Crippen LogP contribution in [0.2, 0.25) is 0 Å². The summed E-state index contributed by atoms with van der Waals surface area (Å²) in [5, 5.41) is 9.38. The Bertz CT molecular complexity index is 277. The Morgan fingerprint density at radius 2 is 1.41 bits per heavy atom. The molecular weight excluding hydrogens is 336 g/mol. The van der Waals surface area contributed by atoms with Crippen molar-refractivity contribution in [2.75, 3.05) is 20.8 Å². The van der Waals surface area contributed by atoms with Gasteiger partial charge in [-0.2, -0.15) is 0 Å². The zero-order chi connectivity index (χ0) is 19.0. The van der Waals surface area contributed by atoms with Crippen LogP contribution < -0.4 is 0 Å². The molecule has 2 rings (SSSR count). The van der Waals surface area contributed by atoms with Gasteiger partial charge < -0.3 is 5.11 Å². The first-order valence-electron chi connectivity index (χ1n) is 10.00. The van der Waals surface area contributed by atoms with E-state index in [2.05, 4.69) is 35.8 Å². The van der Waals surface area contributed by atoms with Crippen molar-refractivity contribution in [2.45, 2.75) is 95.9 Å². The van der Waals surface area contributed by atoms with E-state index < -0.39 is 0 Å². The molecule has 0 amide bonds. The first-order chi connectivity index (χ1) is 11.6. The fraction of sp³-hybridized carbons (Fsp3) is 0.917. The maximum absolute atomic E-state index is 9.38. The summed E-state index contributed by atoms with van der Waals surface area (Å²) in [5.41, 5.74) is 0. The maximum Gasteiger partial charge on any atom is 0.0712 e. The van der Waals surface area contributed by atoms with E-state index in [-0.39, 0.29) is 22.3 Å². The first-order valence-corrected chi connectivity index (χ1v) is 10.00. The zero-order valence-corrected chi connectivity index (χ0v) is 17.5. The lowest BCUT2D eigenvalue weighted by atomic mass is 9.67. The molecule has 0 aromatic carbocycles. The second-order valence-electron chi connectivity index (χ2n) is 6.36. The largest absolute Gasteiger partial charge is 0.396 e. The fourth-order valence-corrected chi connectivity index (χ4v) is 3.68. The van der Waals surface area contributed by atoms with Crippen molar-refractivity contribution in [2.24, 2.45) is 29.6 Å². The van der Waals surface area contributed by atoms with E-state index in [0.717, 1.165) is 23.7 Å². The molecule has 3 nitrogen and oxygen atoms in total. The van der Waals surface area contributed by atoms with Crippen LogP contribution in [0.25, 0.3) is 0 Å². The third-order valence-corrected chi connectivity index (χ3v) is 4.99. The molecule has 1 N–H and O–H groups in total. The van der Waals surface area contributed by atoms with E-state index >= 15 is 0 Å². The molecule has 5 atom stereocenters. The Hall–Kier alpha value is -0.380. The highest BCUT2D eigenvalue weighted by atomic mass is 17.2. The van der Waals surface area contributed by atoms with Gasteiger partial charge in [-0.1, -0.05) is 82.4 Å². The van der Waals surface area contributed by atoms with Gasteiger partial charge in [0.15, 0.2) is 0 Å². The number of aliphatic hydroxyl groups excluding tert-OH is 1. The van der Waals surface area contributed by atoms with Crippen molar-refractivity contribution in [3.8, 4) is 0 Å². The molecule has 2 aliphatic rings. The lowest BCUT2D eigenvalue weighted by Crippen LogP contribution is -2.32. The van der Waals surface area contributed by atoms with Gasteiger partial charge in [0.1, 0.15) is 0 Å². The molecule has 1 saturated carbocycles. The molecule has 5 unspecified atom stereocenters. The quantitative estimate of drug-likeness (QED) is 0.302. The average molecular weight is 393 g/mol. The third-order valence-electron chi connectivity index (χ3n) is 4.99. The molecule has 170 valence electrons. The van der Waals surface area contributed by atoms with Crippen molar-refractivity contribution in [1.82, 2.24) is 0 Å². The molecule has 3 heteroatoms. The normalized spacial score (nSPS) is 26.0. The van der Waals surface area contributed by atoms with Crippen LogP contribution in [0, 0.1) is 29.6 Å². The maximum atomic E-state index is 9.38. The van der Waals surface area contributed by atoms with Crippen LogP contribution in [0.15, 0.2) is 12.2 Å². The van der Waals surface area contributed by atoms with Gasteiger partial charge in [-0.15, -0.1) is 0 Å². The Morgan fingerprint density at radius 3 is 1.85 bits per heavy atom. The molecule has 1 fully saturated rings. The van der Waals surface area contributed by atoms with Gasteiger partial charge in [-0.3, -0.25) is 0 Å². The highest BCUT2D eigenvalue weighted by Gasteiger charge is 2.35. The van der Waals surface area contributed by atoms with E-state index in [1.54, 1.807) is 0 Å². The van der Waals surface area contributed by atoms with Crippen LogP contribution in [0.3, 0.4) is 0 Å². The Kier molecular flexibility index (Phi) is 35.5. The summed E-state index contributed by atoms with van der Waals surface area (Å²) in [4.78, 5) is 8.08. The molecule has 0 radical (unpaired) electrons. The molecule has 0 heterocycles. The van der Waals surface area contributed by atoms with Gasteiger partial charge in [0, 0.05) is 6.61 Å². The molecule has 0 aromatic heterocycles. The minimum Gasteiger partial charge on any atom is -0.396 e. The summed E-state index contributed by atoms with van der Waals surface area (Å²) in [6.45, 7) is 12.9. The number of hydrogen-bond acceptors (Lipinski definition) is 3. The first kappa shape index (κ1) is 37.4. The SMILES string of the molecule is C.C.C.CC.CC.CC1C=CC2C(CCCC2C(C)CO)CC1.COOC. The smallest absolute Gasteiger partial charge is 0.0712 e. The monoisotopic (exact) mass is 392 g/mol. The molecule has 0 aliphatic heterocycles. The van der Waals surface area contributed by atoms with Crippen LogP contribution in [-0.4, -0.2) is 25.9 Å². The second-order valence-corrected chi connectivity index (χ2v) is 6.36. The molecule has 2 aliphatic carbocycles. The number of rotatable bonds is 3. The van der Waals surface area contributed by atoms with Crippen molar-refractivity contribution in [1.29, 1.82) is 0 Å². The van der Waals surface area contributed by atoms with Crippen LogP contribution in [0.5, 0.6) is 0 Å². The summed E-state index contributed by atoms with van der Waals surface area (Å²) in [7, 11) is 2.92. The zero-order valence-electron chi connectivity index (χ0n) is 17.5. The molecule has 0 saturated heterocycles. The van der Waals surface area contributed by atoms with Gasteiger partial charge in [0.25, 0.3) is 0 Å². The Balaban J connectivity index is -0.000000129. The van der Waals surface area contributed by atoms with E-state index in [9.17, 15) is 5.11 Å². The lowest BCUT2D eigenvalue weighted by Gasteiger charge is -2.39. The van der Waals surface area contributed by atoms with Gasteiger partial charge >= 0.3 is 0 Å². The van der Waals surface area contributed by atoms with Crippen molar-refractivity contribution >= 4 is 0 Å². The third kappa shape index (κ3) is 15.2. The highest BCUT2D eigenvalue weighted by molar-refractivity contribution is 5.02. The summed E-state index contributed by atoms with van der Waals surface area (Å²) in [6.07, 6.45) is 11.8. The van der Waals surface area contributed by atoms with Gasteiger partial charge in [0.05, 0.1) is 14.2 Å². The molecule has 0 bridgehead atoms. The molecular formula is C24H56O3. The van der Waals surface area contributed by atoms with Crippen molar-refractivity contribution < 1.29 is 14.9 Å². The van der Waals surface area contributed by atoms with E-state index in [4.69, 9.17) is 0 Å². The number of allylic oxidation sites excluding steroid dienone is 2. The Labute approximate surface area is 173 Å². The van der Waals surface area contributed by atoms with E-state index in [1.165, 1.54) is 46.3 Å². The van der Waals surface area contributed by atoms with Crippen LogP contribution in [0.1, 0.15) is 95.9 Å². The summed E-state index contributed by atoms with van der Waals surface area (Å²) >= 11 is 0. The van der Waals surface area contributed by atoms with Crippen LogP contribution in [-0.2, 0) is 9.78 Å². The van der Waals surface area contributed by atoms with E-state index in [0.29, 0.717) is 12.5 Å². The predicted octanol–water partition coefficient (Wildman–Crippen LogP) is 7.79. The predicted molar refractivity (Wildman–Crippen MR) is 125 cm³/mol. The summed E-state index contributed by atoms with van der Waals surface area (Å²) < 4.78 is 0. The van der Waals surface area contributed by atoms with Gasteiger partial charge in [0.2, 0.25) is 0 Å². The second kappa shape index (κ2) is 25.6. The topological polar surface area (TPSA) is 38.7 Å². The highest BCUT2D eigenvalue weighted by Crippen LogP contribution is 2.43. The number of hydrogen-bond donors (Lipinski definition) is 1. The fourth-order valence-electron chi connectivity index (χ4n) is 3.68. The summed E-state index contributed by atoms with van der Waals surface area (Å²) in [5.74, 6) is 3.61. The Morgan fingerprint density at radius 1 is 0.889 bits per heavy atom. The standard InChI is InChI=1S/C15H26O.C2H6O2.2C2H6.3CH4/c1-11-6-8-13-4-3-5-14(12(2)10-16)15(13)9-7-11;1-3-4-2;2*1-2;;;/h7,9,11-16H,3-6,8,10H2,1-2H3;1-2H3;2*1-2H3;3*1H4. The van der Waals surface area contributed by atoms with Crippen molar-refractivity contribution in [3.05, 3.63) is 12.2 Å². The lowest BCUT2D eigenvalue weighted by molar-refractivity contribution is -0.248. The average Bonchev–Trinajstić information content (AvgIpc) is 2.86. The molecule has 27 heavy (non-hydrogen) atoms. The van der Waals surface area contributed by atoms with Gasteiger partial charge in [-0.05, 0) is 55.3 Å². The number of fused-ring (bicyclic) bond motifs is 1. The minimum absolute atomic E-state index is 0. The van der Waals surface area contributed by atoms with Gasteiger partial charge in [-0.25, -0.2) is 9.78 Å². The summed E-state index contributed by atoms with van der Waals surface area (Å²) in [6, 6.07) is 0. The van der Waals surface area contributed by atoms with Crippen LogP contribution >= 0.6 is 0 Å². The van der Waals surface area contributed by atoms with Crippen LogP contribution in [0.4, 0.5) is 0 Å².